The number of pyridine rings is 3. The van der Waals surface area contributed by atoms with Gasteiger partial charge in [-0.05, 0) is 66.6 Å². The van der Waals surface area contributed by atoms with E-state index in [1.807, 2.05) is 0 Å². The van der Waals surface area contributed by atoms with Crippen LogP contribution in [0.2, 0.25) is 5.02 Å². The maximum absolute atomic E-state index is 13.3. The highest BCUT2D eigenvalue weighted by molar-refractivity contribution is 7.90. The van der Waals surface area contributed by atoms with Crippen LogP contribution in [0.5, 0.6) is 0 Å². The van der Waals surface area contributed by atoms with Gasteiger partial charge in [0.05, 0.1) is 38.3 Å². The monoisotopic (exact) mass is 567 g/mol. The second-order valence-corrected chi connectivity index (χ2v) is 12.1. The highest BCUT2D eigenvalue weighted by atomic mass is 35.5. The molecular weight excluding hydrogens is 547 g/mol. The van der Waals surface area contributed by atoms with Gasteiger partial charge in [0.1, 0.15) is 11.5 Å². The fraction of sp³-hybridized carbons (Fsp3) is 0.292. The van der Waals surface area contributed by atoms with Crippen molar-refractivity contribution in [3.05, 3.63) is 69.9 Å². The fourth-order valence-electron chi connectivity index (χ4n) is 4.00. The van der Waals surface area contributed by atoms with Crippen molar-refractivity contribution in [2.24, 2.45) is 0 Å². The topological polar surface area (TPSA) is 111 Å². The molecule has 2 atom stereocenters. The van der Waals surface area contributed by atoms with E-state index in [0.29, 0.717) is 34.2 Å². The number of aromatic nitrogens is 3. The summed E-state index contributed by atoms with van der Waals surface area (Å²) in [5, 5.41) is 2.16. The van der Waals surface area contributed by atoms with Gasteiger partial charge in [0.15, 0.2) is 0 Å². The maximum atomic E-state index is 13.3. The molecule has 5 rings (SSSR count). The van der Waals surface area contributed by atoms with E-state index in [1.54, 1.807) is 17.5 Å². The van der Waals surface area contributed by atoms with Crippen LogP contribution in [0.25, 0.3) is 21.5 Å². The number of rotatable bonds is 7. The van der Waals surface area contributed by atoms with E-state index >= 15 is 0 Å². The first-order chi connectivity index (χ1) is 17.5. The quantitative estimate of drug-likeness (QED) is 0.291. The van der Waals surface area contributed by atoms with Gasteiger partial charge in [-0.3, -0.25) is 9.97 Å². The zero-order chi connectivity index (χ0) is 26.5. The van der Waals surface area contributed by atoms with Gasteiger partial charge in [-0.1, -0.05) is 11.6 Å². The van der Waals surface area contributed by atoms with Crippen LogP contribution in [0.3, 0.4) is 0 Å². The Morgan fingerprint density at radius 1 is 1.16 bits per heavy atom. The molecule has 0 aromatic carbocycles. The normalized spacial score (nSPS) is 16.1. The van der Waals surface area contributed by atoms with Crippen molar-refractivity contribution < 1.29 is 21.6 Å². The molecule has 7 nitrogen and oxygen atoms in total. The molecule has 1 fully saturated rings. The van der Waals surface area contributed by atoms with Crippen molar-refractivity contribution in [1.29, 1.82) is 0 Å². The molecule has 0 amide bonds. The van der Waals surface area contributed by atoms with Crippen molar-refractivity contribution in [2.75, 3.05) is 5.73 Å². The minimum absolute atomic E-state index is 0.0684. The lowest BCUT2D eigenvalue weighted by Gasteiger charge is -2.20. The van der Waals surface area contributed by atoms with Gasteiger partial charge < -0.3 is 5.73 Å². The smallest absolute Gasteiger partial charge is 0.384 e. The molecule has 1 saturated carbocycles. The minimum Gasteiger partial charge on any atom is -0.384 e. The molecule has 37 heavy (non-hydrogen) atoms. The third kappa shape index (κ3) is 5.15. The number of halogens is 4. The lowest BCUT2D eigenvalue weighted by Crippen LogP contribution is -2.32. The molecule has 13 heteroatoms. The van der Waals surface area contributed by atoms with Gasteiger partial charge in [0, 0.05) is 17.8 Å². The molecule has 4 heterocycles. The third-order valence-corrected chi connectivity index (χ3v) is 9.51. The standard InChI is InChI=1S/C24H21ClF3N5O2S2/c1-12(24(26,27)28)13-6-8-30-18(10-13)22-23-15(7-9-31-22)16(11-36-23)20(33-37(34,35)14-2-3-14)21-17(25)4-5-19(29)32-21/h4-12,14,20,33H,2-3H2,1H3,(H2,29,32)/t12?,20-/m0/s1. The number of nitrogens with two attached hydrogens (primary N) is 1. The Kier molecular flexibility index (Phi) is 6.63. The third-order valence-electron chi connectivity index (χ3n) is 6.26. The summed E-state index contributed by atoms with van der Waals surface area (Å²) in [5.41, 5.74) is 7.46. The molecule has 1 aliphatic carbocycles. The maximum Gasteiger partial charge on any atom is 0.395 e. The van der Waals surface area contributed by atoms with Crippen LogP contribution in [0.4, 0.5) is 19.0 Å². The molecule has 1 unspecified atom stereocenters. The Morgan fingerprint density at radius 3 is 2.59 bits per heavy atom. The van der Waals surface area contributed by atoms with Gasteiger partial charge in [-0.25, -0.2) is 18.1 Å². The number of nitrogens with zero attached hydrogens (tertiary/aromatic N) is 3. The van der Waals surface area contributed by atoms with Crippen LogP contribution in [-0.2, 0) is 10.0 Å². The second kappa shape index (κ2) is 9.50. The summed E-state index contributed by atoms with van der Waals surface area (Å²) < 4.78 is 69.2. The van der Waals surface area contributed by atoms with Gasteiger partial charge in [-0.15, -0.1) is 11.3 Å². The van der Waals surface area contributed by atoms with Crippen LogP contribution in [0, 0.1) is 0 Å². The lowest BCUT2D eigenvalue weighted by molar-refractivity contribution is -0.146. The molecule has 0 saturated heterocycles. The molecule has 0 bridgehead atoms. The average molecular weight is 568 g/mol. The zero-order valence-electron chi connectivity index (χ0n) is 19.3. The summed E-state index contributed by atoms with van der Waals surface area (Å²) >= 11 is 7.71. The molecule has 0 radical (unpaired) electrons. The lowest BCUT2D eigenvalue weighted by atomic mass is 9.99. The molecule has 4 aromatic rings. The van der Waals surface area contributed by atoms with Gasteiger partial charge in [0.25, 0.3) is 0 Å². The van der Waals surface area contributed by atoms with Crippen molar-refractivity contribution >= 4 is 48.9 Å². The fourth-order valence-corrected chi connectivity index (χ4v) is 6.82. The SMILES string of the molecule is CC(c1ccnc(-c2nccc3c([C@H](NS(=O)(=O)C4CC4)c4nc(N)ccc4Cl)csc23)c1)C(F)(F)F. The van der Waals surface area contributed by atoms with Crippen LogP contribution < -0.4 is 10.5 Å². The first-order valence-electron chi connectivity index (χ1n) is 11.3. The second-order valence-electron chi connectivity index (χ2n) is 8.86. The van der Waals surface area contributed by atoms with Crippen molar-refractivity contribution in [3.63, 3.8) is 0 Å². The number of anilines is 1. The summed E-state index contributed by atoms with van der Waals surface area (Å²) in [6.45, 7) is 1.09. The Bertz CT molecular complexity index is 1590. The first-order valence-corrected chi connectivity index (χ1v) is 14.1. The molecule has 1 aliphatic rings. The minimum atomic E-state index is -4.40. The van der Waals surface area contributed by atoms with E-state index in [-0.39, 0.29) is 27.8 Å². The highest BCUT2D eigenvalue weighted by Crippen LogP contribution is 2.41. The number of nitrogens with one attached hydrogen (secondary N) is 1. The number of fused-ring (bicyclic) bond motifs is 1. The number of hydrogen-bond donors (Lipinski definition) is 2. The number of alkyl halides is 3. The van der Waals surface area contributed by atoms with E-state index in [2.05, 4.69) is 19.7 Å². The first kappa shape index (κ1) is 25.8. The molecule has 0 spiro atoms. The Labute approximate surface area is 220 Å². The predicted octanol–water partition coefficient (Wildman–Crippen LogP) is 5.83. The summed E-state index contributed by atoms with van der Waals surface area (Å²) in [4.78, 5) is 13.0. The molecule has 4 aromatic heterocycles. The Morgan fingerprint density at radius 2 is 1.89 bits per heavy atom. The van der Waals surface area contributed by atoms with E-state index in [0.717, 1.165) is 6.92 Å². The Balaban J connectivity index is 1.63. The average Bonchev–Trinajstić information content (AvgIpc) is 3.64. The molecular formula is C24H21ClF3N5O2S2. The summed E-state index contributed by atoms with van der Waals surface area (Å²) in [6, 6.07) is 6.56. The van der Waals surface area contributed by atoms with Crippen molar-refractivity contribution in [1.82, 2.24) is 19.7 Å². The zero-order valence-corrected chi connectivity index (χ0v) is 21.7. The number of sulfonamides is 1. The molecule has 0 aliphatic heterocycles. The van der Waals surface area contributed by atoms with Crippen molar-refractivity contribution in [3.8, 4) is 11.4 Å². The highest BCUT2D eigenvalue weighted by Gasteiger charge is 2.39. The Hall–Kier alpha value is -2.80. The summed E-state index contributed by atoms with van der Waals surface area (Å²) in [7, 11) is -3.67. The number of thiophene rings is 1. The van der Waals surface area contributed by atoms with Crippen molar-refractivity contribution in [2.45, 2.75) is 43.2 Å². The number of hydrogen-bond acceptors (Lipinski definition) is 7. The van der Waals surface area contributed by atoms with Crippen LogP contribution in [0.1, 0.15) is 48.5 Å². The van der Waals surface area contributed by atoms with Crippen LogP contribution in [-0.4, -0.2) is 34.8 Å². The molecule has 194 valence electrons. The van der Waals surface area contributed by atoms with E-state index in [4.69, 9.17) is 17.3 Å². The summed E-state index contributed by atoms with van der Waals surface area (Å²) in [6.07, 6.45) is -0.432. The van der Waals surface area contributed by atoms with Crippen LogP contribution >= 0.6 is 22.9 Å². The largest absolute Gasteiger partial charge is 0.395 e. The molecule has 3 N–H and O–H groups in total. The van der Waals surface area contributed by atoms with E-state index in [9.17, 15) is 21.6 Å². The predicted molar refractivity (Wildman–Crippen MR) is 138 cm³/mol. The number of nitrogen functional groups attached to an aromatic ring is 1. The summed E-state index contributed by atoms with van der Waals surface area (Å²) in [5.74, 6) is -1.50. The van der Waals surface area contributed by atoms with Gasteiger partial charge in [-0.2, -0.15) is 13.2 Å². The van der Waals surface area contributed by atoms with Crippen LogP contribution in [0.15, 0.2) is 48.1 Å². The van der Waals surface area contributed by atoms with E-state index in [1.165, 1.54) is 41.9 Å². The van der Waals surface area contributed by atoms with Gasteiger partial charge in [0.2, 0.25) is 10.0 Å². The van der Waals surface area contributed by atoms with E-state index < -0.39 is 33.4 Å². The van der Waals surface area contributed by atoms with Gasteiger partial charge >= 0.3 is 6.18 Å².